The molecule has 0 aromatic heterocycles. The first-order valence-corrected chi connectivity index (χ1v) is 5.61. The van der Waals surface area contributed by atoms with Crippen LogP contribution >= 0.6 is 0 Å². The summed E-state index contributed by atoms with van der Waals surface area (Å²) in [5, 5.41) is 15.0. The number of amides is 2. The summed E-state index contributed by atoms with van der Waals surface area (Å²) in [7, 11) is 0. The van der Waals surface area contributed by atoms with Gasteiger partial charge in [-0.15, -0.1) is 0 Å². The molecule has 0 rings (SSSR count). The Balaban J connectivity index is 3.68. The van der Waals surface area contributed by atoms with Crippen LogP contribution in [0.4, 0.5) is 0 Å². The zero-order valence-corrected chi connectivity index (χ0v) is 10.3. The third kappa shape index (κ3) is 8.23. The normalized spacial score (nSPS) is 14.0. The first-order chi connectivity index (χ1) is 7.37. The fourth-order valence-electron chi connectivity index (χ4n) is 1.36. The zero-order chi connectivity index (χ0) is 12.6. The van der Waals surface area contributed by atoms with Crippen molar-refractivity contribution in [2.75, 3.05) is 13.1 Å². The molecule has 0 aliphatic carbocycles. The van der Waals surface area contributed by atoms with Gasteiger partial charge in [0.1, 0.15) is 0 Å². The molecule has 5 nitrogen and oxygen atoms in total. The number of carbonyl (C=O) groups is 2. The van der Waals surface area contributed by atoms with Gasteiger partial charge < -0.3 is 15.7 Å². The average molecular weight is 230 g/mol. The monoisotopic (exact) mass is 230 g/mol. The van der Waals surface area contributed by atoms with E-state index in [1.807, 2.05) is 6.92 Å². The van der Waals surface area contributed by atoms with Gasteiger partial charge in [-0.2, -0.15) is 0 Å². The van der Waals surface area contributed by atoms with Crippen LogP contribution in [0.15, 0.2) is 0 Å². The Morgan fingerprint density at radius 3 is 2.44 bits per heavy atom. The van der Waals surface area contributed by atoms with Gasteiger partial charge >= 0.3 is 0 Å². The molecule has 0 fully saturated rings. The van der Waals surface area contributed by atoms with Gasteiger partial charge in [0.2, 0.25) is 11.8 Å². The van der Waals surface area contributed by atoms with Gasteiger partial charge in [0.05, 0.1) is 5.60 Å². The highest BCUT2D eigenvalue weighted by Gasteiger charge is 2.19. The second-order valence-corrected chi connectivity index (χ2v) is 4.26. The van der Waals surface area contributed by atoms with Crippen molar-refractivity contribution in [2.45, 2.75) is 45.6 Å². The van der Waals surface area contributed by atoms with Crippen molar-refractivity contribution in [1.82, 2.24) is 10.6 Å². The molecule has 1 atom stereocenters. The fraction of sp³-hybridized carbons (Fsp3) is 0.818. The Labute approximate surface area is 96.6 Å². The van der Waals surface area contributed by atoms with Gasteiger partial charge in [-0.3, -0.25) is 9.59 Å². The molecule has 1 unspecified atom stereocenters. The van der Waals surface area contributed by atoms with E-state index in [2.05, 4.69) is 10.6 Å². The molecule has 0 saturated carbocycles. The molecule has 0 radical (unpaired) electrons. The summed E-state index contributed by atoms with van der Waals surface area (Å²) >= 11 is 0. The van der Waals surface area contributed by atoms with Gasteiger partial charge in [-0.25, -0.2) is 0 Å². The lowest BCUT2D eigenvalue weighted by Gasteiger charge is -2.22. The van der Waals surface area contributed by atoms with Gasteiger partial charge in [0.15, 0.2) is 0 Å². The van der Waals surface area contributed by atoms with Crippen molar-refractivity contribution in [3.63, 3.8) is 0 Å². The molecule has 16 heavy (non-hydrogen) atoms. The zero-order valence-electron chi connectivity index (χ0n) is 10.3. The highest BCUT2D eigenvalue weighted by Crippen LogP contribution is 2.09. The molecule has 0 bridgehead atoms. The summed E-state index contributed by atoms with van der Waals surface area (Å²) in [6, 6.07) is 0. The lowest BCUT2D eigenvalue weighted by Crippen LogP contribution is -2.41. The Kier molecular flexibility index (Phi) is 6.72. The first-order valence-electron chi connectivity index (χ1n) is 5.61. The lowest BCUT2D eigenvalue weighted by molar-refractivity contribution is -0.122. The van der Waals surface area contributed by atoms with E-state index in [0.29, 0.717) is 13.0 Å². The van der Waals surface area contributed by atoms with Crippen LogP contribution in [-0.4, -0.2) is 35.6 Å². The Bertz CT molecular complexity index is 239. The number of aliphatic hydroxyl groups is 1. The van der Waals surface area contributed by atoms with Crippen molar-refractivity contribution in [1.29, 1.82) is 0 Å². The third-order valence-corrected chi connectivity index (χ3v) is 2.18. The van der Waals surface area contributed by atoms with Gasteiger partial charge in [0.25, 0.3) is 0 Å². The molecule has 5 heteroatoms. The summed E-state index contributed by atoms with van der Waals surface area (Å²) in [6.45, 7) is 5.67. The van der Waals surface area contributed by atoms with Crippen molar-refractivity contribution in [2.24, 2.45) is 0 Å². The van der Waals surface area contributed by atoms with E-state index in [9.17, 15) is 14.7 Å². The minimum atomic E-state index is -0.849. The standard InChI is InChI=1S/C11H22N2O3/c1-4-6-11(3,16)8-13-10(15)5-7-12-9(2)14/h16H,4-8H2,1-3H3,(H,12,14)(H,13,15). The van der Waals surface area contributed by atoms with Crippen LogP contribution in [0.3, 0.4) is 0 Å². The molecule has 0 saturated heterocycles. The SMILES string of the molecule is CCCC(C)(O)CNC(=O)CCNC(C)=O. The van der Waals surface area contributed by atoms with Crippen molar-refractivity contribution in [3.8, 4) is 0 Å². The molecule has 3 N–H and O–H groups in total. The maximum absolute atomic E-state index is 11.3. The Hall–Kier alpha value is -1.10. The summed E-state index contributed by atoms with van der Waals surface area (Å²) in [6.07, 6.45) is 1.76. The lowest BCUT2D eigenvalue weighted by atomic mass is 10.0. The van der Waals surface area contributed by atoms with E-state index in [0.717, 1.165) is 6.42 Å². The van der Waals surface area contributed by atoms with E-state index in [1.165, 1.54) is 6.92 Å². The predicted molar refractivity (Wildman–Crippen MR) is 61.8 cm³/mol. The summed E-state index contributed by atoms with van der Waals surface area (Å²) < 4.78 is 0. The van der Waals surface area contributed by atoms with Crippen LogP contribution in [0.5, 0.6) is 0 Å². The van der Waals surface area contributed by atoms with E-state index in [-0.39, 0.29) is 24.8 Å². The molecule has 94 valence electrons. The first kappa shape index (κ1) is 14.9. The average Bonchev–Trinajstić information content (AvgIpc) is 2.14. The number of carbonyl (C=O) groups excluding carboxylic acids is 2. The Morgan fingerprint density at radius 1 is 1.31 bits per heavy atom. The topological polar surface area (TPSA) is 78.4 Å². The third-order valence-electron chi connectivity index (χ3n) is 2.18. The second-order valence-electron chi connectivity index (χ2n) is 4.26. The molecular weight excluding hydrogens is 208 g/mol. The second kappa shape index (κ2) is 7.22. The Morgan fingerprint density at radius 2 is 1.94 bits per heavy atom. The maximum Gasteiger partial charge on any atom is 0.221 e. The molecule has 0 aromatic carbocycles. The van der Waals surface area contributed by atoms with E-state index >= 15 is 0 Å². The van der Waals surface area contributed by atoms with E-state index in [1.54, 1.807) is 6.92 Å². The molecule has 0 aliphatic heterocycles. The van der Waals surface area contributed by atoms with E-state index < -0.39 is 5.60 Å². The largest absolute Gasteiger partial charge is 0.388 e. The minimum absolute atomic E-state index is 0.147. The predicted octanol–water partition coefficient (Wildman–Crippen LogP) is 0.180. The minimum Gasteiger partial charge on any atom is -0.388 e. The highest BCUT2D eigenvalue weighted by atomic mass is 16.3. The summed E-state index contributed by atoms with van der Waals surface area (Å²) in [5.74, 6) is -0.309. The summed E-state index contributed by atoms with van der Waals surface area (Å²) in [5.41, 5.74) is -0.849. The van der Waals surface area contributed by atoms with Gasteiger partial charge in [-0.05, 0) is 13.3 Å². The van der Waals surface area contributed by atoms with Crippen LogP contribution in [-0.2, 0) is 9.59 Å². The van der Waals surface area contributed by atoms with E-state index in [4.69, 9.17) is 0 Å². The number of rotatable bonds is 7. The molecule has 0 aliphatic rings. The molecule has 0 spiro atoms. The van der Waals surface area contributed by atoms with Crippen molar-refractivity contribution in [3.05, 3.63) is 0 Å². The fourth-order valence-corrected chi connectivity index (χ4v) is 1.36. The van der Waals surface area contributed by atoms with Crippen LogP contribution in [0.2, 0.25) is 0 Å². The highest BCUT2D eigenvalue weighted by molar-refractivity contribution is 5.77. The number of nitrogens with one attached hydrogen (secondary N) is 2. The molecular formula is C11H22N2O3. The maximum atomic E-state index is 11.3. The van der Waals surface area contributed by atoms with Crippen LogP contribution in [0.1, 0.15) is 40.0 Å². The quantitative estimate of drug-likeness (QED) is 0.584. The molecule has 0 aromatic rings. The van der Waals surface area contributed by atoms with Crippen LogP contribution < -0.4 is 10.6 Å². The van der Waals surface area contributed by atoms with Crippen LogP contribution in [0.25, 0.3) is 0 Å². The van der Waals surface area contributed by atoms with Crippen molar-refractivity contribution >= 4 is 11.8 Å². The van der Waals surface area contributed by atoms with Crippen LogP contribution in [0, 0.1) is 0 Å². The number of hydrogen-bond donors (Lipinski definition) is 3. The number of hydrogen-bond acceptors (Lipinski definition) is 3. The van der Waals surface area contributed by atoms with Gasteiger partial charge in [0, 0.05) is 26.4 Å². The molecule has 0 heterocycles. The van der Waals surface area contributed by atoms with Gasteiger partial charge in [-0.1, -0.05) is 13.3 Å². The smallest absolute Gasteiger partial charge is 0.221 e. The summed E-state index contributed by atoms with van der Waals surface area (Å²) in [4.78, 5) is 21.8. The molecule has 2 amide bonds. The van der Waals surface area contributed by atoms with Crippen molar-refractivity contribution < 1.29 is 14.7 Å².